The Kier molecular flexibility index (Phi) is 34.6. The highest BCUT2D eigenvalue weighted by Gasteiger charge is 2.22. The van der Waals surface area contributed by atoms with Crippen LogP contribution in [0.15, 0.2) is 53.5 Å². The number of unbranched alkanes of at least 4 members (excludes halogenated alkanes) is 9. The third kappa shape index (κ3) is 32.1. The molecule has 0 spiro atoms. The molecule has 6 amide bonds. The molecule has 77 heavy (non-hydrogen) atoms. The monoisotopic (exact) mass is 1110 g/mol. The number of nitrogens with one attached hydrogen (secondary N) is 3. The van der Waals surface area contributed by atoms with Gasteiger partial charge in [0.2, 0.25) is 23.6 Å². The SMILES string of the molecule is CC(=O)N(O)CCCCCNC(=O)CCC(=O)N(O)CCCCCCC(=O)CCC(=O)N(O)CCCCCNC(=O)COc1cccc(C(=O)NCC(=O)C[C@@H](CCCCCC(=S)Cc2ccc(N=C=S)cc2)C(=O)O)c1. The lowest BCUT2D eigenvalue weighted by molar-refractivity contribution is -0.166. The highest BCUT2D eigenvalue weighted by molar-refractivity contribution is 7.80. The van der Waals surface area contributed by atoms with Gasteiger partial charge in [-0.05, 0) is 124 Å². The second kappa shape index (κ2) is 39.9. The summed E-state index contributed by atoms with van der Waals surface area (Å²) in [6, 6.07) is 13.6. The van der Waals surface area contributed by atoms with Gasteiger partial charge in [0.1, 0.15) is 11.5 Å². The summed E-state index contributed by atoms with van der Waals surface area (Å²) >= 11 is 10.2. The predicted molar refractivity (Wildman–Crippen MR) is 292 cm³/mol. The number of carboxylic acids is 1. The van der Waals surface area contributed by atoms with Crippen molar-refractivity contribution in [3.63, 3.8) is 0 Å². The van der Waals surface area contributed by atoms with E-state index in [-0.39, 0.29) is 94.3 Å². The van der Waals surface area contributed by atoms with Crippen LogP contribution in [0.25, 0.3) is 0 Å². The molecule has 0 aliphatic heterocycles. The lowest BCUT2D eigenvalue weighted by atomic mass is 9.95. The van der Waals surface area contributed by atoms with Crippen LogP contribution in [0.1, 0.15) is 158 Å². The van der Waals surface area contributed by atoms with E-state index in [4.69, 9.17) is 17.0 Å². The van der Waals surface area contributed by atoms with Crippen LogP contribution in [0.2, 0.25) is 0 Å². The third-order valence-corrected chi connectivity index (χ3v) is 12.6. The minimum atomic E-state index is -1.07. The zero-order valence-electron chi connectivity index (χ0n) is 44.2. The van der Waals surface area contributed by atoms with Crippen LogP contribution in [0.3, 0.4) is 0 Å². The van der Waals surface area contributed by atoms with Crippen LogP contribution in [0.5, 0.6) is 5.75 Å². The largest absolute Gasteiger partial charge is 0.484 e. The molecule has 2 aromatic carbocycles. The van der Waals surface area contributed by atoms with E-state index in [0.717, 1.165) is 35.4 Å². The fourth-order valence-corrected chi connectivity index (χ4v) is 8.10. The Hall–Kier alpha value is -6.36. The number of aliphatic carboxylic acids is 1. The standard InChI is InChI=1S/C54H77N7O14S2/c1-40(62)59(72)31-13-5-10-29-55-49(65)26-28-52(68)61(74)32-12-3-2-8-18-45(63)25-27-51(67)60(73)33-14-6-11-30-56-50(66)38-75-47-19-15-17-42(36-47)53(69)57-37-46(64)35-43(54(70)71)16-7-4-9-20-48(77)34-41-21-23-44(24-22-41)58-39-76/h15,17,19,21-24,36,43,72-74H,2-14,16,18,20,25-35,37-38H2,1H3,(H,55,65)(H,56,66)(H,57,69)(H,70,71)/t43-/m1/s1. The van der Waals surface area contributed by atoms with E-state index in [0.29, 0.717) is 112 Å². The molecule has 0 aliphatic carbocycles. The number of aliphatic imine (C=N–C) groups is 1. The Balaban J connectivity index is 1.50. The van der Waals surface area contributed by atoms with Crippen LogP contribution in [-0.4, -0.2) is 145 Å². The Morgan fingerprint density at radius 1 is 0.636 bits per heavy atom. The summed E-state index contributed by atoms with van der Waals surface area (Å²) in [7, 11) is 0. The molecule has 0 saturated carbocycles. The van der Waals surface area contributed by atoms with Gasteiger partial charge in [-0.1, -0.05) is 56.1 Å². The number of nitrogens with zero attached hydrogens (tertiary/aromatic N) is 4. The van der Waals surface area contributed by atoms with E-state index in [1.54, 1.807) is 12.1 Å². The molecule has 7 N–H and O–H groups in total. The van der Waals surface area contributed by atoms with Gasteiger partial charge in [-0.25, -0.2) is 15.2 Å². The summed E-state index contributed by atoms with van der Waals surface area (Å²) in [6.45, 7) is 1.64. The molecule has 0 aliphatic rings. The summed E-state index contributed by atoms with van der Waals surface area (Å²) in [6.07, 6.45) is 9.41. The van der Waals surface area contributed by atoms with Gasteiger partial charge >= 0.3 is 5.97 Å². The van der Waals surface area contributed by atoms with Crippen LogP contribution in [0.4, 0.5) is 5.69 Å². The molecule has 0 heterocycles. The number of hydrogen-bond acceptors (Lipinski definition) is 16. The minimum Gasteiger partial charge on any atom is -0.484 e. The van der Waals surface area contributed by atoms with Crippen LogP contribution < -0.4 is 20.7 Å². The average Bonchev–Trinajstić information content (AvgIpc) is 3.40. The molecule has 2 rings (SSSR count). The summed E-state index contributed by atoms with van der Waals surface area (Å²) in [5.74, 6) is -5.12. The number of thiocarbonyl (C=S) groups is 2. The first-order chi connectivity index (χ1) is 36.9. The van der Waals surface area contributed by atoms with E-state index < -0.39 is 47.2 Å². The molecule has 0 bridgehead atoms. The van der Waals surface area contributed by atoms with Gasteiger partial charge < -0.3 is 25.8 Å². The van der Waals surface area contributed by atoms with Gasteiger partial charge in [0.15, 0.2) is 12.4 Å². The summed E-state index contributed by atoms with van der Waals surface area (Å²) in [4.78, 5) is 114. The van der Waals surface area contributed by atoms with E-state index in [1.165, 1.54) is 19.1 Å². The highest BCUT2D eigenvalue weighted by atomic mass is 32.1. The van der Waals surface area contributed by atoms with Crippen molar-refractivity contribution >= 4 is 93.1 Å². The molecule has 0 radical (unpaired) electrons. The number of rotatable bonds is 43. The van der Waals surface area contributed by atoms with Crippen molar-refractivity contribution in [1.82, 2.24) is 31.1 Å². The number of isothiocyanates is 1. The van der Waals surface area contributed by atoms with Gasteiger partial charge in [0.05, 0.1) is 23.3 Å². The zero-order valence-corrected chi connectivity index (χ0v) is 45.8. The van der Waals surface area contributed by atoms with Crippen molar-refractivity contribution in [2.75, 3.05) is 45.9 Å². The second-order valence-electron chi connectivity index (χ2n) is 18.7. The van der Waals surface area contributed by atoms with Crippen molar-refractivity contribution < 1.29 is 68.6 Å². The van der Waals surface area contributed by atoms with Crippen molar-refractivity contribution in [2.24, 2.45) is 10.9 Å². The fraction of sp³-hybridized carbons (Fsp3) is 0.574. The maximum atomic E-state index is 12.8. The molecule has 2 aromatic rings. The Labute approximate surface area is 461 Å². The van der Waals surface area contributed by atoms with Crippen LogP contribution >= 0.6 is 24.4 Å². The molecule has 0 aromatic heterocycles. The summed E-state index contributed by atoms with van der Waals surface area (Å²) in [5.41, 5.74) is 1.96. The molecular weight excluding hydrogens is 1030 g/mol. The predicted octanol–water partition coefficient (Wildman–Crippen LogP) is 7.08. The smallest absolute Gasteiger partial charge is 0.306 e. The minimum absolute atomic E-state index is 0.0138. The maximum Gasteiger partial charge on any atom is 0.306 e. The molecule has 0 saturated heterocycles. The van der Waals surface area contributed by atoms with Gasteiger partial charge in [0, 0.05) is 90.2 Å². The van der Waals surface area contributed by atoms with E-state index in [1.807, 2.05) is 24.3 Å². The van der Waals surface area contributed by atoms with Crippen molar-refractivity contribution in [3.8, 4) is 5.75 Å². The quantitative estimate of drug-likeness (QED) is 0.0115. The number of Topliss-reactive ketones (excluding diaryl/α,β-unsaturated/α-hetero) is 2. The highest BCUT2D eigenvalue weighted by Crippen LogP contribution is 2.19. The number of carbonyl (C=O) groups excluding carboxylic acids is 8. The topological polar surface area (TPSA) is 302 Å². The summed E-state index contributed by atoms with van der Waals surface area (Å²) in [5, 5.41) is 51.3. The first-order valence-corrected chi connectivity index (χ1v) is 27.1. The van der Waals surface area contributed by atoms with Gasteiger partial charge in [-0.2, -0.15) is 4.99 Å². The van der Waals surface area contributed by atoms with Gasteiger partial charge in [0.25, 0.3) is 11.8 Å². The number of hydrogen-bond donors (Lipinski definition) is 7. The number of carbonyl (C=O) groups is 9. The van der Waals surface area contributed by atoms with Crippen LogP contribution in [-0.2, 0) is 44.8 Å². The lowest BCUT2D eigenvalue weighted by Crippen LogP contribution is -2.31. The number of carboxylic acid groups (broad SMARTS) is 1. The molecule has 0 unspecified atom stereocenters. The van der Waals surface area contributed by atoms with E-state index in [2.05, 4.69) is 38.3 Å². The first-order valence-electron chi connectivity index (χ1n) is 26.3. The second-order valence-corrected chi connectivity index (χ2v) is 19.4. The number of ether oxygens (including phenoxy) is 1. The number of benzene rings is 2. The van der Waals surface area contributed by atoms with Gasteiger partial charge in [-0.15, -0.1) is 0 Å². The van der Waals surface area contributed by atoms with Crippen molar-refractivity contribution in [2.45, 2.75) is 148 Å². The molecular formula is C54H77N7O14S2. The van der Waals surface area contributed by atoms with Crippen LogP contribution in [0, 0.1) is 5.92 Å². The Morgan fingerprint density at radius 2 is 1.21 bits per heavy atom. The first kappa shape index (κ1) is 66.8. The number of ketones is 2. The van der Waals surface area contributed by atoms with Crippen molar-refractivity contribution in [3.05, 3.63) is 59.7 Å². The van der Waals surface area contributed by atoms with E-state index >= 15 is 0 Å². The average molecular weight is 1110 g/mol. The zero-order chi connectivity index (χ0) is 56.8. The fourth-order valence-electron chi connectivity index (χ4n) is 7.68. The summed E-state index contributed by atoms with van der Waals surface area (Å²) < 4.78 is 5.55. The molecule has 21 nitrogen and oxygen atoms in total. The molecule has 1 atom stereocenters. The molecule has 424 valence electrons. The maximum absolute atomic E-state index is 12.8. The normalized spacial score (nSPS) is 11.1. The Bertz CT molecular complexity index is 2280. The molecule has 23 heteroatoms. The lowest BCUT2D eigenvalue weighted by Gasteiger charge is -2.15. The van der Waals surface area contributed by atoms with Gasteiger partial charge in [-0.3, -0.25) is 58.8 Å². The van der Waals surface area contributed by atoms with Crippen molar-refractivity contribution in [1.29, 1.82) is 0 Å². The number of hydroxylamine groups is 6. The Morgan fingerprint density at radius 3 is 1.83 bits per heavy atom. The third-order valence-electron chi connectivity index (χ3n) is 12.2. The number of amides is 6. The molecule has 0 fully saturated rings. The van der Waals surface area contributed by atoms with E-state index in [9.17, 15) is 63.9 Å².